The molecule has 1 atom stereocenters. The highest BCUT2D eigenvalue weighted by atomic mass is 35.5. The molecule has 5 rings (SSSR count). The molecule has 1 aliphatic heterocycles. The number of fused-ring (bicyclic) bond motifs is 1. The quantitative estimate of drug-likeness (QED) is 0.438. The van der Waals surface area contributed by atoms with Crippen LogP contribution in [0.3, 0.4) is 0 Å². The van der Waals surface area contributed by atoms with Gasteiger partial charge in [0.1, 0.15) is 11.8 Å². The molecule has 166 valence electrons. The van der Waals surface area contributed by atoms with Crippen LogP contribution in [-0.4, -0.2) is 27.8 Å². The van der Waals surface area contributed by atoms with Crippen LogP contribution in [0.2, 0.25) is 0 Å². The van der Waals surface area contributed by atoms with Crippen LogP contribution in [0.25, 0.3) is 5.70 Å². The Kier molecular flexibility index (Phi) is 6.42. The van der Waals surface area contributed by atoms with E-state index in [0.717, 1.165) is 16.8 Å². The fourth-order valence-corrected chi connectivity index (χ4v) is 3.72. The van der Waals surface area contributed by atoms with Crippen molar-refractivity contribution in [2.75, 3.05) is 17.7 Å². The highest BCUT2D eigenvalue weighted by Crippen LogP contribution is 2.33. The second-order valence-electron chi connectivity index (χ2n) is 7.28. The first-order valence-corrected chi connectivity index (χ1v) is 10.2. The Morgan fingerprint density at radius 1 is 0.970 bits per heavy atom. The summed E-state index contributed by atoms with van der Waals surface area (Å²) in [5.74, 6) is 0.919. The maximum Gasteiger partial charge on any atom is 0.261 e. The Bertz CT molecular complexity index is 1290. The summed E-state index contributed by atoms with van der Waals surface area (Å²) < 4.78 is 7.07. The van der Waals surface area contributed by atoms with Crippen molar-refractivity contribution in [1.82, 2.24) is 14.8 Å². The number of allylic oxidation sites excluding steroid dienone is 1. The molecule has 2 heterocycles. The number of ether oxygens (including phenoxy) is 1. The molecule has 2 N–H and O–H groups in total. The van der Waals surface area contributed by atoms with E-state index in [2.05, 4.69) is 26.8 Å². The molecule has 1 amide bonds. The van der Waals surface area contributed by atoms with Crippen LogP contribution in [0.5, 0.6) is 5.75 Å². The predicted molar refractivity (Wildman–Crippen MR) is 131 cm³/mol. The van der Waals surface area contributed by atoms with Gasteiger partial charge in [-0.05, 0) is 29.3 Å². The first kappa shape index (κ1) is 22.1. The van der Waals surface area contributed by atoms with Gasteiger partial charge in [0.05, 0.1) is 12.7 Å². The van der Waals surface area contributed by atoms with Crippen molar-refractivity contribution in [3.63, 3.8) is 0 Å². The molecule has 0 saturated carbocycles. The normalized spacial score (nSPS) is 14.2. The first-order chi connectivity index (χ1) is 15.7. The van der Waals surface area contributed by atoms with E-state index >= 15 is 0 Å². The summed E-state index contributed by atoms with van der Waals surface area (Å²) in [6.07, 6.45) is 2.11. The lowest BCUT2D eigenvalue weighted by molar-refractivity contribution is 0.102. The molecule has 1 aromatic heterocycles. The zero-order valence-corrected chi connectivity index (χ0v) is 18.6. The van der Waals surface area contributed by atoms with E-state index in [-0.39, 0.29) is 30.3 Å². The van der Waals surface area contributed by atoms with Gasteiger partial charge in [0.15, 0.2) is 0 Å². The molecule has 33 heavy (non-hydrogen) atoms. The van der Waals surface area contributed by atoms with Gasteiger partial charge in [0.25, 0.3) is 11.9 Å². The van der Waals surface area contributed by atoms with Gasteiger partial charge >= 0.3 is 0 Å². The number of methoxy groups -OCH3 is 1. The molecule has 3 aromatic carbocycles. The third-order valence-electron chi connectivity index (χ3n) is 5.27. The van der Waals surface area contributed by atoms with Crippen molar-refractivity contribution in [2.45, 2.75) is 6.04 Å². The number of benzene rings is 3. The van der Waals surface area contributed by atoms with Crippen molar-refractivity contribution in [2.24, 2.45) is 0 Å². The van der Waals surface area contributed by atoms with Crippen molar-refractivity contribution >= 4 is 35.9 Å². The maximum atomic E-state index is 12.8. The molecule has 1 aliphatic rings. The molecular weight excluding hydrogens is 438 g/mol. The number of halogens is 1. The van der Waals surface area contributed by atoms with Crippen LogP contribution in [0.4, 0.5) is 11.9 Å². The Morgan fingerprint density at radius 2 is 1.64 bits per heavy atom. The van der Waals surface area contributed by atoms with Gasteiger partial charge in [-0.3, -0.25) is 10.1 Å². The molecule has 0 spiro atoms. The molecule has 1 unspecified atom stereocenters. The van der Waals surface area contributed by atoms with Crippen molar-refractivity contribution in [3.8, 4) is 5.75 Å². The summed E-state index contributed by atoms with van der Waals surface area (Å²) in [5.41, 5.74) is 3.46. The average molecular weight is 460 g/mol. The number of anilines is 2. The summed E-state index contributed by atoms with van der Waals surface area (Å²) in [5, 5.41) is 10.7. The summed E-state index contributed by atoms with van der Waals surface area (Å²) >= 11 is 0. The minimum Gasteiger partial charge on any atom is -0.496 e. The fourth-order valence-electron chi connectivity index (χ4n) is 3.72. The van der Waals surface area contributed by atoms with Gasteiger partial charge < -0.3 is 10.1 Å². The monoisotopic (exact) mass is 459 g/mol. The van der Waals surface area contributed by atoms with Gasteiger partial charge in [-0.1, -0.05) is 72.8 Å². The number of hydrogen-bond donors (Lipinski definition) is 2. The lowest BCUT2D eigenvalue weighted by atomic mass is 10.0. The number of amides is 1. The topological polar surface area (TPSA) is 81.1 Å². The third kappa shape index (κ3) is 4.44. The summed E-state index contributed by atoms with van der Waals surface area (Å²) in [6, 6.07) is 27.0. The van der Waals surface area contributed by atoms with E-state index in [1.807, 2.05) is 66.7 Å². The number of carbonyl (C=O) groups is 1. The summed E-state index contributed by atoms with van der Waals surface area (Å²) in [6.45, 7) is 0. The van der Waals surface area contributed by atoms with Crippen LogP contribution in [-0.2, 0) is 0 Å². The number of nitrogens with zero attached hydrogens (tertiary/aromatic N) is 3. The fraction of sp³-hybridized carbons (Fsp3) is 0.0800. The highest BCUT2D eigenvalue weighted by molar-refractivity contribution is 6.05. The van der Waals surface area contributed by atoms with Crippen LogP contribution < -0.4 is 15.4 Å². The summed E-state index contributed by atoms with van der Waals surface area (Å²) in [4.78, 5) is 17.4. The maximum absolute atomic E-state index is 12.8. The van der Waals surface area contributed by atoms with Crippen LogP contribution >= 0.6 is 12.4 Å². The SMILES string of the molecule is COc1ccccc1C(=O)Nc1nc2n(n1)C(c1ccccc1)C=C(c1ccccc1)N2.Cl. The Labute approximate surface area is 197 Å². The molecule has 7 nitrogen and oxygen atoms in total. The number of rotatable bonds is 5. The Hall–Kier alpha value is -4.10. The molecule has 0 saturated heterocycles. The summed E-state index contributed by atoms with van der Waals surface area (Å²) in [7, 11) is 1.53. The van der Waals surface area contributed by atoms with Crippen LogP contribution in [0, 0.1) is 0 Å². The second-order valence-corrected chi connectivity index (χ2v) is 7.28. The van der Waals surface area contributed by atoms with Gasteiger partial charge in [0.2, 0.25) is 5.95 Å². The van der Waals surface area contributed by atoms with Crippen molar-refractivity contribution in [3.05, 3.63) is 108 Å². The lowest BCUT2D eigenvalue weighted by Gasteiger charge is -2.24. The number of hydrogen-bond acceptors (Lipinski definition) is 5. The first-order valence-electron chi connectivity index (χ1n) is 10.2. The molecule has 0 bridgehead atoms. The van der Waals surface area contributed by atoms with E-state index in [4.69, 9.17) is 4.74 Å². The van der Waals surface area contributed by atoms with Gasteiger partial charge in [-0.2, -0.15) is 4.98 Å². The predicted octanol–water partition coefficient (Wildman–Crippen LogP) is 5.02. The van der Waals surface area contributed by atoms with E-state index in [1.165, 1.54) is 7.11 Å². The van der Waals surface area contributed by atoms with Gasteiger partial charge in [0, 0.05) is 5.70 Å². The standard InChI is InChI=1S/C25H21N5O2.ClH/c1-32-22-15-9-8-14-19(22)23(31)27-24-28-25-26-20(17-10-4-2-5-11-17)16-21(30(25)29-24)18-12-6-3-7-13-18;/h2-16,21H,1H3,(H2,26,27,28,29,31);1H. The van der Waals surface area contributed by atoms with Crippen molar-refractivity contribution < 1.29 is 9.53 Å². The molecule has 0 fully saturated rings. The van der Waals surface area contributed by atoms with Crippen LogP contribution in [0.1, 0.15) is 27.5 Å². The highest BCUT2D eigenvalue weighted by Gasteiger charge is 2.26. The smallest absolute Gasteiger partial charge is 0.261 e. The number of carbonyl (C=O) groups excluding carboxylic acids is 1. The van der Waals surface area contributed by atoms with E-state index in [0.29, 0.717) is 17.3 Å². The second kappa shape index (κ2) is 9.58. The Morgan fingerprint density at radius 3 is 2.36 bits per heavy atom. The molecule has 0 radical (unpaired) electrons. The third-order valence-corrected chi connectivity index (χ3v) is 5.27. The zero-order valence-electron chi connectivity index (χ0n) is 17.8. The van der Waals surface area contributed by atoms with Crippen molar-refractivity contribution in [1.29, 1.82) is 0 Å². The lowest BCUT2D eigenvalue weighted by Crippen LogP contribution is -2.20. The van der Waals surface area contributed by atoms with Crippen LogP contribution in [0.15, 0.2) is 91.0 Å². The molecule has 8 heteroatoms. The largest absolute Gasteiger partial charge is 0.496 e. The van der Waals surface area contributed by atoms with Gasteiger partial charge in [-0.25, -0.2) is 4.68 Å². The Balaban J connectivity index is 0.00000259. The van der Waals surface area contributed by atoms with E-state index < -0.39 is 0 Å². The number of aromatic nitrogens is 3. The van der Waals surface area contributed by atoms with E-state index in [9.17, 15) is 4.79 Å². The number of para-hydroxylation sites is 1. The van der Waals surface area contributed by atoms with Gasteiger partial charge in [-0.15, -0.1) is 17.5 Å². The molecule has 0 aliphatic carbocycles. The minimum absolute atomic E-state index is 0. The minimum atomic E-state index is -0.335. The molecule has 4 aromatic rings. The average Bonchev–Trinajstić information content (AvgIpc) is 3.26. The molecular formula is C25H22ClN5O2. The van der Waals surface area contributed by atoms with E-state index in [1.54, 1.807) is 22.9 Å². The number of nitrogens with one attached hydrogen (secondary N) is 2. The zero-order chi connectivity index (χ0) is 21.9.